The van der Waals surface area contributed by atoms with Crippen LogP contribution in [0.1, 0.15) is 12.8 Å². The molecule has 0 unspecified atom stereocenters. The molecule has 1 fully saturated rings. The number of nitrogens with zero attached hydrogens (tertiary/aromatic N) is 1. The molecule has 0 aliphatic heterocycles. The van der Waals surface area contributed by atoms with Gasteiger partial charge in [0.05, 0.1) is 5.75 Å². The van der Waals surface area contributed by atoms with Crippen molar-refractivity contribution in [2.24, 2.45) is 5.92 Å². The number of hydrogen-bond acceptors (Lipinski definition) is 4. The lowest BCUT2D eigenvalue weighted by Crippen LogP contribution is -2.45. The van der Waals surface area contributed by atoms with Gasteiger partial charge in [-0.05, 0) is 25.8 Å². The fraction of sp³-hybridized carbons (Fsp3) is 0.800. The van der Waals surface area contributed by atoms with Gasteiger partial charge in [0.1, 0.15) is 6.54 Å². The molecule has 0 spiro atoms. The minimum Gasteiger partial charge on any atom is -0.480 e. The van der Waals surface area contributed by atoms with Crippen LogP contribution in [0.5, 0.6) is 0 Å². The van der Waals surface area contributed by atoms with Crippen LogP contribution < -0.4 is 10.0 Å². The summed E-state index contributed by atoms with van der Waals surface area (Å²) < 4.78 is 24.4. The highest BCUT2D eigenvalue weighted by atomic mass is 32.2. The van der Waals surface area contributed by atoms with Gasteiger partial charge in [-0.2, -0.15) is 0 Å². The molecule has 1 aliphatic rings. The summed E-state index contributed by atoms with van der Waals surface area (Å²) in [6, 6.07) is -0.541. The number of carbonyl (C=O) groups is 2. The van der Waals surface area contributed by atoms with Crippen molar-refractivity contribution in [2.75, 3.05) is 32.4 Å². The number of hydrogen-bond donors (Lipinski definition) is 3. The largest absolute Gasteiger partial charge is 0.480 e. The van der Waals surface area contributed by atoms with E-state index < -0.39 is 22.0 Å². The van der Waals surface area contributed by atoms with Crippen molar-refractivity contribution in [3.8, 4) is 0 Å². The highest BCUT2D eigenvalue weighted by molar-refractivity contribution is 7.89. The fourth-order valence-corrected chi connectivity index (χ4v) is 2.08. The first-order chi connectivity index (χ1) is 8.84. The maximum absolute atomic E-state index is 11.8. The van der Waals surface area contributed by atoms with Crippen LogP contribution in [-0.2, 0) is 14.8 Å². The molecule has 2 amide bonds. The summed E-state index contributed by atoms with van der Waals surface area (Å²) in [5.74, 6) is -0.954. The van der Waals surface area contributed by atoms with Gasteiger partial charge < -0.3 is 15.3 Å². The van der Waals surface area contributed by atoms with Crippen molar-refractivity contribution >= 4 is 22.0 Å². The Morgan fingerprint density at radius 1 is 1.37 bits per heavy atom. The van der Waals surface area contributed by atoms with Crippen LogP contribution in [0.2, 0.25) is 0 Å². The lowest BCUT2D eigenvalue weighted by molar-refractivity contribution is -0.137. The number of amides is 2. The van der Waals surface area contributed by atoms with Crippen molar-refractivity contribution < 1.29 is 23.1 Å². The molecule has 19 heavy (non-hydrogen) atoms. The number of carbonyl (C=O) groups excluding carboxylic acids is 1. The second-order valence-electron chi connectivity index (χ2n) is 4.47. The molecule has 9 heteroatoms. The summed E-state index contributed by atoms with van der Waals surface area (Å²) in [5, 5.41) is 11.1. The highest BCUT2D eigenvalue weighted by Crippen LogP contribution is 2.29. The van der Waals surface area contributed by atoms with Gasteiger partial charge in [-0.25, -0.2) is 17.9 Å². The average molecular weight is 293 g/mol. The first kappa shape index (κ1) is 15.7. The molecule has 0 saturated heterocycles. The minimum atomic E-state index is -3.37. The monoisotopic (exact) mass is 293 g/mol. The maximum Gasteiger partial charge on any atom is 0.323 e. The Bertz CT molecular complexity index is 432. The summed E-state index contributed by atoms with van der Waals surface area (Å²) >= 11 is 0. The van der Waals surface area contributed by atoms with Crippen molar-refractivity contribution in [1.82, 2.24) is 14.9 Å². The summed E-state index contributed by atoms with van der Waals surface area (Å²) in [6.07, 6.45) is 2.00. The molecule has 8 nitrogen and oxygen atoms in total. The van der Waals surface area contributed by atoms with E-state index in [0.29, 0.717) is 12.5 Å². The second kappa shape index (κ2) is 6.71. The van der Waals surface area contributed by atoms with E-state index in [0.717, 1.165) is 12.8 Å². The van der Waals surface area contributed by atoms with Gasteiger partial charge in [0, 0.05) is 13.1 Å². The molecule has 3 N–H and O–H groups in total. The molecule has 1 rings (SSSR count). The molecule has 1 saturated carbocycles. The number of nitrogens with one attached hydrogen (secondary N) is 2. The van der Waals surface area contributed by atoms with Crippen LogP contribution in [0.3, 0.4) is 0 Å². The number of sulfonamides is 1. The van der Waals surface area contributed by atoms with E-state index in [1.54, 1.807) is 0 Å². The third-order valence-corrected chi connectivity index (χ3v) is 4.11. The zero-order valence-corrected chi connectivity index (χ0v) is 11.6. The molecule has 0 heterocycles. The summed E-state index contributed by atoms with van der Waals surface area (Å²) in [7, 11) is -2.08. The molecule has 0 aromatic heterocycles. The second-order valence-corrected chi connectivity index (χ2v) is 6.52. The van der Waals surface area contributed by atoms with Crippen LogP contribution in [0.4, 0.5) is 4.79 Å². The Morgan fingerprint density at radius 2 is 2.00 bits per heavy atom. The Kier molecular flexibility index (Phi) is 5.55. The van der Waals surface area contributed by atoms with Crippen LogP contribution in [0.15, 0.2) is 0 Å². The Hall–Kier alpha value is -1.35. The van der Waals surface area contributed by atoms with Crippen molar-refractivity contribution in [2.45, 2.75) is 12.8 Å². The molecular formula is C10H19N3O5S. The van der Waals surface area contributed by atoms with Crippen LogP contribution in [0, 0.1) is 5.92 Å². The lowest BCUT2D eigenvalue weighted by atomic mass is 10.3. The number of carboxylic acids is 1. The average Bonchev–Trinajstić information content (AvgIpc) is 3.11. The normalized spacial score (nSPS) is 15.0. The van der Waals surface area contributed by atoms with Gasteiger partial charge in [0.2, 0.25) is 10.0 Å². The molecule has 0 bridgehead atoms. The van der Waals surface area contributed by atoms with Crippen molar-refractivity contribution in [3.63, 3.8) is 0 Å². The topological polar surface area (TPSA) is 116 Å². The third kappa shape index (κ3) is 6.39. The van der Waals surface area contributed by atoms with Crippen molar-refractivity contribution in [1.29, 1.82) is 0 Å². The molecule has 0 aromatic carbocycles. The van der Waals surface area contributed by atoms with E-state index in [-0.39, 0.29) is 18.8 Å². The highest BCUT2D eigenvalue weighted by Gasteiger charge is 2.27. The lowest BCUT2D eigenvalue weighted by Gasteiger charge is -2.20. The number of urea groups is 1. The Labute approximate surface area is 112 Å². The van der Waals surface area contributed by atoms with E-state index in [1.807, 2.05) is 0 Å². The van der Waals surface area contributed by atoms with E-state index in [1.165, 1.54) is 11.9 Å². The molecule has 1 aliphatic carbocycles. The van der Waals surface area contributed by atoms with Gasteiger partial charge in [-0.1, -0.05) is 0 Å². The smallest absolute Gasteiger partial charge is 0.323 e. The quantitative estimate of drug-likeness (QED) is 0.533. The summed E-state index contributed by atoms with van der Waals surface area (Å²) in [4.78, 5) is 23.6. The van der Waals surface area contributed by atoms with Gasteiger partial charge >= 0.3 is 12.0 Å². The van der Waals surface area contributed by atoms with E-state index in [4.69, 9.17) is 5.11 Å². The van der Waals surface area contributed by atoms with E-state index in [2.05, 4.69) is 10.0 Å². The zero-order chi connectivity index (χ0) is 14.5. The van der Waals surface area contributed by atoms with Crippen LogP contribution in [0.25, 0.3) is 0 Å². The van der Waals surface area contributed by atoms with Gasteiger partial charge in [0.25, 0.3) is 0 Å². The SMILES string of the molecule is CNS(=O)(=O)CCNC(=O)N(CC(=O)O)CC1CC1. The standard InChI is InChI=1S/C10H19N3O5S/c1-11-19(17,18)5-4-12-10(16)13(7-9(14)15)6-8-2-3-8/h8,11H,2-7H2,1H3,(H,12,16)(H,14,15). The molecule has 0 radical (unpaired) electrons. The summed E-state index contributed by atoms with van der Waals surface area (Å²) in [6.45, 7) is -0.0270. The first-order valence-corrected chi connectivity index (χ1v) is 7.65. The predicted octanol–water partition coefficient (Wildman–Crippen LogP) is -0.958. The Morgan fingerprint density at radius 3 is 2.47 bits per heavy atom. The zero-order valence-electron chi connectivity index (χ0n) is 10.8. The third-order valence-electron chi connectivity index (χ3n) is 2.75. The van der Waals surface area contributed by atoms with Gasteiger partial charge in [-0.15, -0.1) is 0 Å². The molecule has 110 valence electrons. The fourth-order valence-electron chi connectivity index (χ4n) is 1.50. The van der Waals surface area contributed by atoms with Crippen molar-refractivity contribution in [3.05, 3.63) is 0 Å². The number of aliphatic carboxylic acids is 1. The van der Waals surface area contributed by atoms with Gasteiger partial charge in [-0.3, -0.25) is 4.79 Å². The minimum absolute atomic E-state index is 0.0528. The maximum atomic E-state index is 11.8. The Balaban J connectivity index is 2.40. The van der Waals surface area contributed by atoms with E-state index >= 15 is 0 Å². The van der Waals surface area contributed by atoms with Crippen LogP contribution >= 0.6 is 0 Å². The number of carboxylic acid groups (broad SMARTS) is 1. The molecule has 0 aromatic rings. The molecular weight excluding hydrogens is 274 g/mol. The molecule has 0 atom stereocenters. The predicted molar refractivity (Wildman–Crippen MR) is 68.2 cm³/mol. The number of rotatable bonds is 8. The van der Waals surface area contributed by atoms with E-state index in [9.17, 15) is 18.0 Å². The van der Waals surface area contributed by atoms with Gasteiger partial charge in [0.15, 0.2) is 0 Å². The summed E-state index contributed by atoms with van der Waals surface area (Å²) in [5.41, 5.74) is 0. The first-order valence-electron chi connectivity index (χ1n) is 6.00. The van der Waals surface area contributed by atoms with Crippen LogP contribution in [-0.4, -0.2) is 62.9 Å².